The van der Waals surface area contributed by atoms with Crippen molar-refractivity contribution < 1.29 is 19.5 Å². The number of carboxylic acid groups (broad SMARTS) is 1. The van der Waals surface area contributed by atoms with Crippen molar-refractivity contribution in [1.82, 2.24) is 15.3 Å². The molecule has 0 aromatic carbocycles. The number of likely N-dealkylation sites (tertiary alicyclic amines) is 1. The van der Waals surface area contributed by atoms with Gasteiger partial charge in [-0.05, 0) is 26.3 Å². The number of fused-ring (bicyclic) bond motifs is 2. The van der Waals surface area contributed by atoms with Gasteiger partial charge < -0.3 is 10.0 Å². The van der Waals surface area contributed by atoms with Gasteiger partial charge in [0.1, 0.15) is 0 Å². The molecule has 2 N–H and O–H groups in total. The predicted molar refractivity (Wildman–Crippen MR) is 62.9 cm³/mol. The van der Waals surface area contributed by atoms with Crippen molar-refractivity contribution in [2.45, 2.75) is 31.3 Å². The maximum Gasteiger partial charge on any atom is 0.341 e. The van der Waals surface area contributed by atoms with E-state index in [1.165, 1.54) is 6.42 Å². The van der Waals surface area contributed by atoms with Gasteiger partial charge >= 0.3 is 12.0 Å². The number of carboxylic acids is 1. The van der Waals surface area contributed by atoms with E-state index in [-0.39, 0.29) is 6.03 Å². The molecule has 2 bridgehead atoms. The normalized spacial score (nSPS) is 27.9. The van der Waals surface area contributed by atoms with Gasteiger partial charge in [0, 0.05) is 25.2 Å². The van der Waals surface area contributed by atoms with Crippen LogP contribution in [0.5, 0.6) is 0 Å². The van der Waals surface area contributed by atoms with Crippen molar-refractivity contribution in [3.63, 3.8) is 0 Å². The van der Waals surface area contributed by atoms with Crippen LogP contribution in [-0.2, 0) is 9.63 Å². The summed E-state index contributed by atoms with van der Waals surface area (Å²) in [7, 11) is 2.10. The molecule has 0 aromatic heterocycles. The third-order valence-corrected chi connectivity index (χ3v) is 3.79. The molecule has 2 saturated heterocycles. The Labute approximate surface area is 106 Å². The smallest absolute Gasteiger partial charge is 0.341 e. The van der Waals surface area contributed by atoms with E-state index in [0.29, 0.717) is 25.2 Å². The molecule has 2 aliphatic rings. The zero-order valence-electron chi connectivity index (χ0n) is 10.5. The van der Waals surface area contributed by atoms with Crippen LogP contribution in [0.3, 0.4) is 0 Å². The quantitative estimate of drug-likeness (QED) is 0.689. The van der Waals surface area contributed by atoms with Crippen LogP contribution in [0.1, 0.15) is 19.3 Å². The van der Waals surface area contributed by atoms with Gasteiger partial charge in [0.15, 0.2) is 6.61 Å². The SMILES string of the molecule is CN1C2CCC1CN(C(=O)NOCC(=O)O)CC2. The average molecular weight is 257 g/mol. The number of hydrogen-bond acceptors (Lipinski definition) is 4. The first kappa shape index (κ1) is 13.1. The summed E-state index contributed by atoms with van der Waals surface area (Å²) in [5.74, 6) is -1.11. The van der Waals surface area contributed by atoms with Gasteiger partial charge in [-0.3, -0.25) is 9.74 Å². The Morgan fingerprint density at radius 1 is 1.33 bits per heavy atom. The lowest BCUT2D eigenvalue weighted by molar-refractivity contribution is -0.144. The third-order valence-electron chi connectivity index (χ3n) is 3.79. The van der Waals surface area contributed by atoms with Crippen LogP contribution in [0.4, 0.5) is 4.79 Å². The number of likely N-dealkylation sites (N-methyl/N-ethyl adjacent to an activating group) is 1. The van der Waals surface area contributed by atoms with E-state index < -0.39 is 12.6 Å². The van der Waals surface area contributed by atoms with Crippen molar-refractivity contribution in [1.29, 1.82) is 0 Å². The molecule has 2 amide bonds. The number of amides is 2. The van der Waals surface area contributed by atoms with Gasteiger partial charge in [0.05, 0.1) is 0 Å². The lowest BCUT2D eigenvalue weighted by atomic mass is 10.1. The minimum atomic E-state index is -1.11. The van der Waals surface area contributed by atoms with Crippen LogP contribution in [-0.4, -0.2) is 65.7 Å². The monoisotopic (exact) mass is 257 g/mol. The van der Waals surface area contributed by atoms with Crippen LogP contribution in [0, 0.1) is 0 Å². The highest BCUT2D eigenvalue weighted by Gasteiger charge is 2.35. The summed E-state index contributed by atoms with van der Waals surface area (Å²) in [5, 5.41) is 8.41. The highest BCUT2D eigenvalue weighted by atomic mass is 16.7. The molecule has 7 heteroatoms. The molecule has 7 nitrogen and oxygen atoms in total. The van der Waals surface area contributed by atoms with Crippen LogP contribution in [0.15, 0.2) is 0 Å². The first-order chi connectivity index (χ1) is 8.58. The molecule has 2 fully saturated rings. The van der Waals surface area contributed by atoms with E-state index in [4.69, 9.17) is 5.11 Å². The second-order valence-electron chi connectivity index (χ2n) is 4.87. The fourth-order valence-electron chi connectivity index (χ4n) is 2.72. The van der Waals surface area contributed by atoms with Crippen LogP contribution in [0.2, 0.25) is 0 Å². The maximum absolute atomic E-state index is 11.8. The molecule has 0 spiro atoms. The van der Waals surface area contributed by atoms with Gasteiger partial charge in [0.2, 0.25) is 0 Å². The highest BCUT2D eigenvalue weighted by molar-refractivity contribution is 5.73. The molecule has 18 heavy (non-hydrogen) atoms. The van der Waals surface area contributed by atoms with E-state index in [1.807, 2.05) is 0 Å². The van der Waals surface area contributed by atoms with Gasteiger partial charge in [-0.2, -0.15) is 0 Å². The van der Waals surface area contributed by atoms with E-state index in [9.17, 15) is 9.59 Å². The number of aliphatic carboxylic acids is 1. The number of hydrogen-bond donors (Lipinski definition) is 2. The van der Waals surface area contributed by atoms with E-state index in [0.717, 1.165) is 12.8 Å². The van der Waals surface area contributed by atoms with Crippen LogP contribution in [0.25, 0.3) is 0 Å². The summed E-state index contributed by atoms with van der Waals surface area (Å²) in [4.78, 5) is 30.7. The van der Waals surface area contributed by atoms with Gasteiger partial charge in [-0.1, -0.05) is 0 Å². The Bertz CT molecular complexity index is 336. The molecule has 0 saturated carbocycles. The van der Waals surface area contributed by atoms with Gasteiger partial charge in [0.25, 0.3) is 0 Å². The van der Waals surface area contributed by atoms with Crippen LogP contribution >= 0.6 is 0 Å². The Morgan fingerprint density at radius 3 is 2.78 bits per heavy atom. The van der Waals surface area contributed by atoms with Crippen molar-refractivity contribution >= 4 is 12.0 Å². The summed E-state index contributed by atoms with van der Waals surface area (Å²) in [5.41, 5.74) is 2.17. The molecule has 0 radical (unpaired) electrons. The summed E-state index contributed by atoms with van der Waals surface area (Å²) in [6.07, 6.45) is 3.27. The number of nitrogens with zero attached hydrogens (tertiary/aromatic N) is 2. The molecule has 0 aromatic rings. The number of rotatable bonds is 3. The maximum atomic E-state index is 11.8. The highest BCUT2D eigenvalue weighted by Crippen LogP contribution is 2.28. The van der Waals surface area contributed by atoms with Crippen molar-refractivity contribution in [2.75, 3.05) is 26.7 Å². The van der Waals surface area contributed by atoms with Crippen molar-refractivity contribution in [2.24, 2.45) is 0 Å². The number of carbonyl (C=O) groups is 2. The van der Waals surface area contributed by atoms with Crippen LogP contribution < -0.4 is 5.48 Å². The predicted octanol–water partition coefficient (Wildman–Crippen LogP) is -0.119. The molecular formula is C11H19N3O4. The van der Waals surface area contributed by atoms with E-state index in [1.54, 1.807) is 4.90 Å². The fraction of sp³-hybridized carbons (Fsp3) is 0.818. The Balaban J connectivity index is 1.82. The number of hydroxylamine groups is 1. The lowest BCUT2D eigenvalue weighted by Crippen LogP contribution is -2.45. The average Bonchev–Trinajstić information content (AvgIpc) is 2.52. The summed E-state index contributed by atoms with van der Waals surface area (Å²) in [6, 6.07) is 0.618. The molecule has 2 atom stereocenters. The first-order valence-corrected chi connectivity index (χ1v) is 6.18. The zero-order valence-corrected chi connectivity index (χ0v) is 10.5. The molecule has 2 aliphatic heterocycles. The number of carbonyl (C=O) groups excluding carboxylic acids is 1. The standard InChI is InChI=1S/C11H19N3O4/c1-13-8-2-3-9(13)6-14(5-4-8)11(17)12-18-7-10(15)16/h8-9H,2-7H2,1H3,(H,12,17)(H,15,16). The minimum Gasteiger partial charge on any atom is -0.479 e. The second-order valence-corrected chi connectivity index (χ2v) is 4.87. The van der Waals surface area contributed by atoms with Gasteiger partial charge in [-0.25, -0.2) is 15.1 Å². The van der Waals surface area contributed by atoms with E-state index in [2.05, 4.69) is 22.3 Å². The molecular weight excluding hydrogens is 238 g/mol. The second kappa shape index (κ2) is 5.53. The van der Waals surface area contributed by atoms with Crippen molar-refractivity contribution in [3.8, 4) is 0 Å². The molecule has 2 unspecified atom stereocenters. The molecule has 102 valence electrons. The lowest BCUT2D eigenvalue weighted by Gasteiger charge is -2.25. The number of nitrogens with one attached hydrogen (secondary N) is 1. The van der Waals surface area contributed by atoms with Gasteiger partial charge in [-0.15, -0.1) is 0 Å². The molecule has 0 aliphatic carbocycles. The third kappa shape index (κ3) is 2.91. The van der Waals surface area contributed by atoms with Crippen molar-refractivity contribution in [3.05, 3.63) is 0 Å². The largest absolute Gasteiger partial charge is 0.479 e. The Kier molecular flexibility index (Phi) is 4.03. The molecule has 2 rings (SSSR count). The summed E-state index contributed by atoms with van der Waals surface area (Å²) >= 11 is 0. The topological polar surface area (TPSA) is 82.1 Å². The Morgan fingerprint density at radius 2 is 2.06 bits per heavy atom. The minimum absolute atomic E-state index is 0.350. The summed E-state index contributed by atoms with van der Waals surface area (Å²) in [6.45, 7) is 0.842. The van der Waals surface area contributed by atoms with E-state index >= 15 is 0 Å². The molecule has 2 heterocycles. The summed E-state index contributed by atoms with van der Waals surface area (Å²) < 4.78 is 0. The zero-order chi connectivity index (χ0) is 13.1. The first-order valence-electron chi connectivity index (χ1n) is 6.18. The Hall–Kier alpha value is -1.34. The fourth-order valence-corrected chi connectivity index (χ4v) is 2.72. The number of urea groups is 1.